The van der Waals surface area contributed by atoms with E-state index in [1.54, 1.807) is 0 Å². The number of rotatable bonds is 1. The Morgan fingerprint density at radius 2 is 2.25 bits per heavy atom. The predicted molar refractivity (Wildman–Crippen MR) is 67.3 cm³/mol. The largest absolute Gasteiger partial charge is 0.386 e. The minimum absolute atomic E-state index is 0.0497. The second-order valence-electron chi connectivity index (χ2n) is 4.37. The molecule has 3 heterocycles. The van der Waals surface area contributed by atoms with E-state index in [1.807, 2.05) is 0 Å². The Balaban J connectivity index is 2.12. The molecule has 0 saturated carbocycles. The molecule has 1 fully saturated rings. The Morgan fingerprint density at radius 3 is 2.90 bits per heavy atom. The van der Waals surface area contributed by atoms with E-state index >= 15 is 0 Å². The van der Waals surface area contributed by atoms with Crippen LogP contribution in [0.15, 0.2) is 11.1 Å². The van der Waals surface area contributed by atoms with Gasteiger partial charge in [0.05, 0.1) is 6.33 Å². The van der Waals surface area contributed by atoms with Crippen molar-refractivity contribution in [3.8, 4) is 12.3 Å². The minimum atomic E-state index is -1.27. The van der Waals surface area contributed by atoms with Crippen LogP contribution in [-0.2, 0) is 4.74 Å². The first-order valence-electron chi connectivity index (χ1n) is 5.73. The highest BCUT2D eigenvalue weighted by Gasteiger charge is 2.43. The normalized spacial score (nSPS) is 29.6. The fourth-order valence-corrected chi connectivity index (χ4v) is 2.16. The van der Waals surface area contributed by atoms with Crippen LogP contribution >= 0.6 is 0 Å². The number of nitrogens with two attached hydrogens (primary N) is 1. The molecule has 1 aliphatic rings. The lowest BCUT2D eigenvalue weighted by molar-refractivity contribution is -0.0230. The van der Waals surface area contributed by atoms with E-state index in [0.29, 0.717) is 0 Å². The number of nitrogen functional groups attached to an aromatic ring is 1. The van der Waals surface area contributed by atoms with Crippen LogP contribution in [0.3, 0.4) is 0 Å². The van der Waals surface area contributed by atoms with E-state index in [1.165, 1.54) is 10.9 Å². The predicted octanol–water partition coefficient (Wildman–Crippen LogP) is -2.05. The number of aromatic amines is 1. The first-order chi connectivity index (χ1) is 9.52. The zero-order valence-electron chi connectivity index (χ0n) is 10.1. The summed E-state index contributed by atoms with van der Waals surface area (Å²) in [7, 11) is 0. The third-order valence-corrected chi connectivity index (χ3v) is 3.13. The number of aromatic nitrogens is 4. The highest BCUT2D eigenvalue weighted by Crippen LogP contribution is 2.30. The molecule has 1 saturated heterocycles. The van der Waals surface area contributed by atoms with Gasteiger partial charge in [-0.25, -0.2) is 4.98 Å². The van der Waals surface area contributed by atoms with Crippen molar-refractivity contribution in [1.29, 1.82) is 0 Å². The molecule has 0 radical (unpaired) electrons. The fourth-order valence-electron chi connectivity index (χ4n) is 2.16. The summed E-state index contributed by atoms with van der Waals surface area (Å²) in [6, 6.07) is 0. The molecule has 0 spiro atoms. The number of hydrogen-bond donors (Lipinski definition) is 4. The zero-order valence-corrected chi connectivity index (χ0v) is 10.1. The highest BCUT2D eigenvalue weighted by atomic mass is 16.6. The maximum Gasteiger partial charge on any atom is 0.280 e. The number of anilines is 1. The number of ether oxygens (including phenoxy) is 1. The lowest BCUT2D eigenvalue weighted by atomic mass is 10.1. The Labute approximate surface area is 112 Å². The van der Waals surface area contributed by atoms with Gasteiger partial charge in [-0.1, -0.05) is 5.92 Å². The van der Waals surface area contributed by atoms with E-state index in [9.17, 15) is 15.0 Å². The van der Waals surface area contributed by atoms with Crippen LogP contribution in [0, 0.1) is 12.3 Å². The van der Waals surface area contributed by atoms with Gasteiger partial charge in [-0.05, 0) is 0 Å². The molecule has 0 bridgehead atoms. The summed E-state index contributed by atoms with van der Waals surface area (Å²) in [5.41, 5.74) is 5.16. The molecule has 0 amide bonds. The lowest BCUT2D eigenvalue weighted by Gasteiger charge is -2.16. The number of H-pyrrole nitrogens is 1. The average Bonchev–Trinajstić information content (AvgIpc) is 2.93. The van der Waals surface area contributed by atoms with Crippen molar-refractivity contribution in [2.75, 3.05) is 5.73 Å². The van der Waals surface area contributed by atoms with Gasteiger partial charge < -0.3 is 20.7 Å². The van der Waals surface area contributed by atoms with Crippen LogP contribution in [0.25, 0.3) is 11.2 Å². The number of fused-ring (bicyclic) bond motifs is 1. The molecule has 1 aliphatic heterocycles. The molecule has 3 rings (SSSR count). The number of nitrogens with one attached hydrogen (secondary N) is 1. The van der Waals surface area contributed by atoms with E-state index < -0.39 is 30.1 Å². The molecule has 4 atom stereocenters. The molecule has 104 valence electrons. The molecule has 2 aromatic rings. The van der Waals surface area contributed by atoms with Gasteiger partial charge >= 0.3 is 0 Å². The summed E-state index contributed by atoms with van der Waals surface area (Å²) in [4.78, 5) is 21.8. The monoisotopic (exact) mass is 277 g/mol. The van der Waals surface area contributed by atoms with E-state index in [4.69, 9.17) is 16.9 Å². The van der Waals surface area contributed by atoms with Gasteiger partial charge in [-0.3, -0.25) is 14.3 Å². The number of aliphatic hydroxyl groups is 2. The molecular formula is C11H11N5O4. The Bertz CT molecular complexity index is 760. The van der Waals surface area contributed by atoms with Crippen molar-refractivity contribution in [2.45, 2.75) is 24.5 Å². The number of aliphatic hydroxyl groups excluding tert-OH is 2. The van der Waals surface area contributed by atoms with Crippen molar-refractivity contribution in [2.24, 2.45) is 0 Å². The third-order valence-electron chi connectivity index (χ3n) is 3.13. The van der Waals surface area contributed by atoms with Gasteiger partial charge in [0.1, 0.15) is 18.3 Å². The van der Waals surface area contributed by atoms with Crippen LogP contribution in [0.2, 0.25) is 0 Å². The summed E-state index contributed by atoms with van der Waals surface area (Å²) in [5, 5.41) is 19.7. The Kier molecular flexibility index (Phi) is 2.72. The molecule has 0 aliphatic carbocycles. The second kappa shape index (κ2) is 4.31. The SMILES string of the molecule is C#C[C@H]1O[C@@H](n2cnc3c(=O)[nH]c(N)nc32)[C@@H](O)[C@@H]1O. The Morgan fingerprint density at radius 1 is 1.50 bits per heavy atom. The van der Waals surface area contributed by atoms with E-state index in [-0.39, 0.29) is 17.1 Å². The quantitative estimate of drug-likeness (QED) is 0.440. The van der Waals surface area contributed by atoms with Crippen molar-refractivity contribution in [3.05, 3.63) is 16.7 Å². The second-order valence-corrected chi connectivity index (χ2v) is 4.37. The number of imidazole rings is 1. The van der Waals surface area contributed by atoms with Crippen molar-refractivity contribution in [3.63, 3.8) is 0 Å². The summed E-state index contributed by atoms with van der Waals surface area (Å²) in [6.45, 7) is 0. The van der Waals surface area contributed by atoms with Crippen LogP contribution < -0.4 is 11.3 Å². The van der Waals surface area contributed by atoms with Gasteiger partial charge in [-0.15, -0.1) is 6.42 Å². The maximum atomic E-state index is 11.7. The molecule has 2 aromatic heterocycles. The van der Waals surface area contributed by atoms with Crippen molar-refractivity contribution < 1.29 is 14.9 Å². The van der Waals surface area contributed by atoms with E-state index in [2.05, 4.69) is 20.9 Å². The van der Waals surface area contributed by atoms with Gasteiger partial charge in [0.2, 0.25) is 5.95 Å². The standard InChI is InChI=1S/C11H11N5O4/c1-2-4-6(17)7(18)10(20-4)16-3-13-5-8(16)14-11(12)15-9(5)19/h1,3-4,6-7,10,17-18H,(H3,12,14,15,19)/t4-,6-,7+,10-/m1/s1. The van der Waals surface area contributed by atoms with Crippen LogP contribution in [-0.4, -0.2) is 48.0 Å². The van der Waals surface area contributed by atoms with Crippen LogP contribution in [0.5, 0.6) is 0 Å². The van der Waals surface area contributed by atoms with Gasteiger partial charge in [0, 0.05) is 0 Å². The fraction of sp³-hybridized carbons (Fsp3) is 0.364. The van der Waals surface area contributed by atoms with Gasteiger partial charge in [0.25, 0.3) is 5.56 Å². The molecular weight excluding hydrogens is 266 g/mol. The molecule has 9 heteroatoms. The summed E-state index contributed by atoms with van der Waals surface area (Å²) in [6.07, 6.45) is 2.02. The highest BCUT2D eigenvalue weighted by molar-refractivity contribution is 5.70. The number of nitrogens with zero attached hydrogens (tertiary/aromatic N) is 3. The third kappa shape index (κ3) is 1.67. The molecule has 9 nitrogen and oxygen atoms in total. The van der Waals surface area contributed by atoms with Crippen molar-refractivity contribution >= 4 is 17.1 Å². The number of terminal acetylenes is 1. The smallest absolute Gasteiger partial charge is 0.280 e. The zero-order chi connectivity index (χ0) is 14.4. The molecule has 0 unspecified atom stereocenters. The summed E-state index contributed by atoms with van der Waals surface area (Å²) < 4.78 is 6.67. The maximum absolute atomic E-state index is 11.7. The summed E-state index contributed by atoms with van der Waals surface area (Å²) in [5.74, 6) is 2.14. The molecule has 5 N–H and O–H groups in total. The number of hydrogen-bond acceptors (Lipinski definition) is 7. The summed E-state index contributed by atoms with van der Waals surface area (Å²) >= 11 is 0. The first-order valence-corrected chi connectivity index (χ1v) is 5.73. The minimum Gasteiger partial charge on any atom is -0.386 e. The first kappa shape index (κ1) is 12.6. The van der Waals surface area contributed by atoms with Gasteiger partial charge in [0.15, 0.2) is 17.4 Å². The molecule has 0 aromatic carbocycles. The molecule has 20 heavy (non-hydrogen) atoms. The van der Waals surface area contributed by atoms with Crippen LogP contribution in [0.4, 0.5) is 5.95 Å². The topological polar surface area (TPSA) is 139 Å². The van der Waals surface area contributed by atoms with E-state index in [0.717, 1.165) is 0 Å². The van der Waals surface area contributed by atoms with Crippen LogP contribution in [0.1, 0.15) is 6.23 Å². The van der Waals surface area contributed by atoms with Gasteiger partial charge in [-0.2, -0.15) is 4.98 Å². The lowest BCUT2D eigenvalue weighted by Crippen LogP contribution is -2.30. The Hall–Kier alpha value is -2.41. The van der Waals surface area contributed by atoms with Crippen molar-refractivity contribution in [1.82, 2.24) is 19.5 Å². The average molecular weight is 277 g/mol.